The van der Waals surface area contributed by atoms with Gasteiger partial charge in [-0.15, -0.1) is 0 Å². The van der Waals surface area contributed by atoms with Gasteiger partial charge in [0.15, 0.2) is 17.4 Å². The number of hydrogen-bond acceptors (Lipinski definition) is 1. The van der Waals surface area contributed by atoms with E-state index in [-0.39, 0.29) is 23.8 Å². The number of benzene rings is 1. The van der Waals surface area contributed by atoms with E-state index in [1.54, 1.807) is 0 Å². The lowest BCUT2D eigenvalue weighted by atomic mass is 10.1. The van der Waals surface area contributed by atoms with E-state index >= 15 is 0 Å². The van der Waals surface area contributed by atoms with E-state index < -0.39 is 5.97 Å². The van der Waals surface area contributed by atoms with E-state index in [9.17, 15) is 4.79 Å². The third kappa shape index (κ3) is 5.46. The Balaban J connectivity index is 0.00000144. The Kier molecular flexibility index (Phi) is 6.31. The number of carboxylic acids is 1. The van der Waals surface area contributed by atoms with Crippen molar-refractivity contribution in [2.45, 2.75) is 19.3 Å². The fourth-order valence-electron chi connectivity index (χ4n) is 1.09. The molecule has 0 amide bonds. The highest BCUT2D eigenvalue weighted by molar-refractivity contribution is 5.75. The summed E-state index contributed by atoms with van der Waals surface area (Å²) in [7, 11) is 0. The fourth-order valence-corrected chi connectivity index (χ4v) is 1.09. The zero-order valence-corrected chi connectivity index (χ0v) is 6.86. The van der Waals surface area contributed by atoms with E-state index in [0.717, 1.165) is 12.8 Å². The molecule has 0 unspecified atom stereocenters. The van der Waals surface area contributed by atoms with Gasteiger partial charge >= 0.3 is 5.97 Å². The summed E-state index contributed by atoms with van der Waals surface area (Å²) < 4.78 is 0. The standard InChI is InChI=1S/C10H12O2.Al.3H/c11-10(12)8-4-7-9-5-2-1-3-6-9;;;;/h1-3,5-6H,4,7-8H2,(H,11,12);;;;. The number of aliphatic carboxylic acids is 1. The lowest BCUT2D eigenvalue weighted by Gasteiger charge is -1.97. The van der Waals surface area contributed by atoms with Crippen LogP contribution in [0.1, 0.15) is 18.4 Å². The summed E-state index contributed by atoms with van der Waals surface area (Å²) in [6.07, 6.45) is 1.83. The molecule has 3 heteroatoms. The molecule has 1 aromatic rings. The van der Waals surface area contributed by atoms with Gasteiger partial charge in [-0.1, -0.05) is 30.3 Å². The van der Waals surface area contributed by atoms with Crippen LogP contribution in [-0.4, -0.2) is 28.4 Å². The minimum atomic E-state index is -0.717. The summed E-state index contributed by atoms with van der Waals surface area (Å²) in [6, 6.07) is 9.93. The van der Waals surface area contributed by atoms with Gasteiger partial charge in [0, 0.05) is 6.42 Å². The topological polar surface area (TPSA) is 37.3 Å². The molecule has 1 aromatic carbocycles. The molecule has 0 spiro atoms. The van der Waals surface area contributed by atoms with Crippen LogP contribution in [-0.2, 0) is 11.2 Å². The molecule has 2 nitrogen and oxygen atoms in total. The van der Waals surface area contributed by atoms with Crippen LogP contribution < -0.4 is 0 Å². The predicted octanol–water partition coefficient (Wildman–Crippen LogP) is 0.910. The van der Waals surface area contributed by atoms with Crippen molar-refractivity contribution in [1.82, 2.24) is 0 Å². The average molecular weight is 194 g/mol. The van der Waals surface area contributed by atoms with Gasteiger partial charge < -0.3 is 5.11 Å². The zero-order valence-electron chi connectivity index (χ0n) is 6.86. The van der Waals surface area contributed by atoms with Crippen LogP contribution in [0, 0.1) is 0 Å². The van der Waals surface area contributed by atoms with Crippen molar-refractivity contribution in [3.8, 4) is 0 Å². The molecule has 13 heavy (non-hydrogen) atoms. The molecule has 1 rings (SSSR count). The van der Waals surface area contributed by atoms with Gasteiger partial charge in [0.1, 0.15) is 0 Å². The average Bonchev–Trinajstić information content (AvgIpc) is 2.05. The first-order chi connectivity index (χ1) is 5.79. The van der Waals surface area contributed by atoms with E-state index in [4.69, 9.17) is 5.11 Å². The molecule has 0 bridgehead atoms. The third-order valence-electron chi connectivity index (χ3n) is 1.70. The lowest BCUT2D eigenvalue weighted by molar-refractivity contribution is -0.137. The van der Waals surface area contributed by atoms with Crippen LogP contribution in [0.2, 0.25) is 0 Å². The van der Waals surface area contributed by atoms with E-state index in [1.807, 2.05) is 30.3 Å². The quantitative estimate of drug-likeness (QED) is 0.723. The van der Waals surface area contributed by atoms with Crippen LogP contribution in [0.4, 0.5) is 0 Å². The largest absolute Gasteiger partial charge is 0.481 e. The highest BCUT2D eigenvalue weighted by Crippen LogP contribution is 2.03. The fraction of sp³-hybridized carbons (Fsp3) is 0.300. The number of carboxylic acid groups (broad SMARTS) is 1. The number of hydrogen-bond donors (Lipinski definition) is 1. The summed E-state index contributed by atoms with van der Waals surface area (Å²) >= 11 is 0. The molecule has 0 heterocycles. The molecular formula is C10H15AlO2. The smallest absolute Gasteiger partial charge is 0.303 e. The molecule has 0 atom stereocenters. The second kappa shape index (κ2) is 6.71. The first-order valence-corrected chi connectivity index (χ1v) is 4.05. The van der Waals surface area contributed by atoms with Crippen LogP contribution in [0.15, 0.2) is 30.3 Å². The normalized spacial score (nSPS) is 8.92. The Labute approximate surface area is 88.7 Å². The molecule has 0 radical (unpaired) electrons. The molecule has 0 aliphatic rings. The van der Waals surface area contributed by atoms with E-state index in [2.05, 4.69) is 0 Å². The summed E-state index contributed by atoms with van der Waals surface area (Å²) in [5, 5.41) is 8.39. The van der Waals surface area contributed by atoms with Crippen molar-refractivity contribution < 1.29 is 9.90 Å². The second-order valence-electron chi connectivity index (χ2n) is 2.73. The molecule has 0 aromatic heterocycles. The minimum absolute atomic E-state index is 0. The first-order valence-electron chi connectivity index (χ1n) is 4.05. The maximum atomic E-state index is 10.2. The van der Waals surface area contributed by atoms with E-state index in [0.29, 0.717) is 0 Å². The Morgan fingerprint density at radius 3 is 2.38 bits per heavy atom. The first kappa shape index (κ1) is 12.2. The van der Waals surface area contributed by atoms with Gasteiger partial charge in [-0.2, -0.15) is 0 Å². The predicted molar refractivity (Wildman–Crippen MR) is 57.0 cm³/mol. The lowest BCUT2D eigenvalue weighted by Crippen LogP contribution is -1.95. The molecule has 0 aliphatic carbocycles. The van der Waals surface area contributed by atoms with Crippen molar-refractivity contribution >= 4 is 23.3 Å². The van der Waals surface area contributed by atoms with Gasteiger partial charge in [-0.05, 0) is 18.4 Å². The number of aryl methyl sites for hydroxylation is 1. The van der Waals surface area contributed by atoms with Crippen LogP contribution in [0.5, 0.6) is 0 Å². The minimum Gasteiger partial charge on any atom is -0.481 e. The maximum Gasteiger partial charge on any atom is 0.303 e. The van der Waals surface area contributed by atoms with Crippen LogP contribution in [0.25, 0.3) is 0 Å². The number of carbonyl (C=O) groups is 1. The molecular weight excluding hydrogens is 179 g/mol. The van der Waals surface area contributed by atoms with Crippen molar-refractivity contribution in [3.63, 3.8) is 0 Å². The van der Waals surface area contributed by atoms with Crippen molar-refractivity contribution in [1.29, 1.82) is 0 Å². The van der Waals surface area contributed by atoms with Crippen molar-refractivity contribution in [2.75, 3.05) is 0 Å². The Morgan fingerprint density at radius 2 is 1.85 bits per heavy atom. The zero-order chi connectivity index (χ0) is 8.81. The van der Waals surface area contributed by atoms with Gasteiger partial charge in [-0.3, -0.25) is 4.79 Å². The summed E-state index contributed by atoms with van der Waals surface area (Å²) in [5.41, 5.74) is 1.21. The van der Waals surface area contributed by atoms with Crippen LogP contribution >= 0.6 is 0 Å². The van der Waals surface area contributed by atoms with Gasteiger partial charge in [-0.25, -0.2) is 0 Å². The highest BCUT2D eigenvalue weighted by atomic mass is 27.0. The van der Waals surface area contributed by atoms with Gasteiger partial charge in [0.05, 0.1) is 0 Å². The molecule has 70 valence electrons. The summed E-state index contributed by atoms with van der Waals surface area (Å²) in [5.74, 6) is -0.717. The molecule has 0 saturated heterocycles. The van der Waals surface area contributed by atoms with Crippen molar-refractivity contribution in [3.05, 3.63) is 35.9 Å². The summed E-state index contributed by atoms with van der Waals surface area (Å²) in [4.78, 5) is 10.2. The Morgan fingerprint density at radius 1 is 1.23 bits per heavy atom. The maximum absolute atomic E-state index is 10.2. The van der Waals surface area contributed by atoms with Gasteiger partial charge in [0.2, 0.25) is 0 Å². The monoisotopic (exact) mass is 194 g/mol. The van der Waals surface area contributed by atoms with Crippen LogP contribution in [0.3, 0.4) is 0 Å². The SMILES string of the molecule is O=C(O)CCCc1ccccc1.[AlH3]. The molecule has 1 N–H and O–H groups in total. The van der Waals surface area contributed by atoms with Gasteiger partial charge in [0.25, 0.3) is 0 Å². The Hall–Kier alpha value is -0.778. The molecule has 0 aliphatic heterocycles. The highest BCUT2D eigenvalue weighted by Gasteiger charge is 1.96. The third-order valence-corrected chi connectivity index (χ3v) is 1.70. The van der Waals surface area contributed by atoms with Crippen molar-refractivity contribution in [2.24, 2.45) is 0 Å². The molecule has 0 fully saturated rings. The Bertz CT molecular complexity index is 246. The summed E-state index contributed by atoms with van der Waals surface area (Å²) in [6.45, 7) is 0. The van der Waals surface area contributed by atoms with E-state index in [1.165, 1.54) is 5.56 Å². The molecule has 0 saturated carbocycles. The second-order valence-corrected chi connectivity index (χ2v) is 2.73. The number of rotatable bonds is 4.